The maximum atomic E-state index is 9.81. The largest absolute Gasteiger partial charge is 0.495 e. The molecular formula is C24H35N7O2. The van der Waals surface area contributed by atoms with Crippen LogP contribution in [0.25, 0.3) is 11.2 Å². The van der Waals surface area contributed by atoms with Crippen LogP contribution in [0.1, 0.15) is 57.6 Å². The van der Waals surface area contributed by atoms with Crippen LogP contribution in [0.4, 0.5) is 17.5 Å². The lowest BCUT2D eigenvalue weighted by atomic mass is 9.95. The third-order valence-corrected chi connectivity index (χ3v) is 6.53. The Balaban J connectivity index is 1.69. The average molecular weight is 454 g/mol. The van der Waals surface area contributed by atoms with Gasteiger partial charge in [-0.25, -0.2) is 4.98 Å². The van der Waals surface area contributed by atoms with Crippen LogP contribution in [0.15, 0.2) is 24.5 Å². The van der Waals surface area contributed by atoms with Gasteiger partial charge in [0.05, 0.1) is 31.8 Å². The number of hydrogen-bond donors (Lipinski definition) is 4. The molecule has 178 valence electrons. The van der Waals surface area contributed by atoms with Crippen molar-refractivity contribution in [3.8, 4) is 5.75 Å². The van der Waals surface area contributed by atoms with E-state index < -0.39 is 0 Å². The van der Waals surface area contributed by atoms with E-state index in [1.54, 1.807) is 7.11 Å². The second kappa shape index (κ2) is 10.2. The molecule has 4 rings (SSSR count). The zero-order valence-electron chi connectivity index (χ0n) is 19.7. The van der Waals surface area contributed by atoms with Crippen LogP contribution in [-0.4, -0.2) is 44.4 Å². The van der Waals surface area contributed by atoms with Gasteiger partial charge in [-0.3, -0.25) is 0 Å². The van der Waals surface area contributed by atoms with Gasteiger partial charge in [-0.2, -0.15) is 9.97 Å². The van der Waals surface area contributed by atoms with Gasteiger partial charge in [0.1, 0.15) is 5.75 Å². The molecular weight excluding hydrogens is 418 g/mol. The second-order valence-electron chi connectivity index (χ2n) is 9.08. The summed E-state index contributed by atoms with van der Waals surface area (Å²) < 4.78 is 7.54. The molecule has 1 aromatic carbocycles. The van der Waals surface area contributed by atoms with Gasteiger partial charge in [0, 0.05) is 12.6 Å². The Labute approximate surface area is 194 Å². The van der Waals surface area contributed by atoms with Gasteiger partial charge in [-0.05, 0) is 30.4 Å². The van der Waals surface area contributed by atoms with Gasteiger partial charge in [0.25, 0.3) is 0 Å². The number of aliphatic hydroxyl groups is 1. The molecule has 1 unspecified atom stereocenters. The first-order valence-corrected chi connectivity index (χ1v) is 11.8. The fourth-order valence-corrected chi connectivity index (χ4v) is 4.42. The summed E-state index contributed by atoms with van der Waals surface area (Å²) in [5.74, 6) is 1.99. The predicted molar refractivity (Wildman–Crippen MR) is 132 cm³/mol. The number of aromatic nitrogens is 4. The molecule has 3 aromatic rings. The number of rotatable bonds is 9. The highest BCUT2D eigenvalue weighted by molar-refractivity contribution is 5.84. The SMILES string of the molecule is COc1cccc(CNc2nc(NC(CO)C(C)C)nc3c2ncn3C2CCCCC2)c1N. The Morgan fingerprint density at radius 1 is 1.21 bits per heavy atom. The molecule has 0 amide bonds. The monoisotopic (exact) mass is 453 g/mol. The molecule has 0 radical (unpaired) electrons. The summed E-state index contributed by atoms with van der Waals surface area (Å²) >= 11 is 0. The van der Waals surface area contributed by atoms with Crippen molar-refractivity contribution in [3.63, 3.8) is 0 Å². The van der Waals surface area contributed by atoms with E-state index in [2.05, 4.69) is 34.0 Å². The van der Waals surface area contributed by atoms with Crippen LogP contribution in [-0.2, 0) is 6.54 Å². The zero-order valence-corrected chi connectivity index (χ0v) is 19.7. The molecule has 2 aromatic heterocycles. The van der Waals surface area contributed by atoms with Gasteiger partial charge >= 0.3 is 0 Å². The van der Waals surface area contributed by atoms with Gasteiger partial charge < -0.3 is 30.8 Å². The fourth-order valence-electron chi connectivity index (χ4n) is 4.42. The van der Waals surface area contributed by atoms with Gasteiger partial charge in [0.15, 0.2) is 17.0 Å². The number of para-hydroxylation sites is 1. The Hall–Kier alpha value is -3.07. The molecule has 1 aliphatic rings. The van der Waals surface area contributed by atoms with Crippen LogP contribution >= 0.6 is 0 Å². The van der Waals surface area contributed by atoms with E-state index in [0.717, 1.165) is 29.6 Å². The van der Waals surface area contributed by atoms with Crippen molar-refractivity contribution < 1.29 is 9.84 Å². The molecule has 1 fully saturated rings. The van der Waals surface area contributed by atoms with Crippen LogP contribution in [0.5, 0.6) is 5.75 Å². The molecule has 1 atom stereocenters. The van der Waals surface area contributed by atoms with Crippen molar-refractivity contribution in [1.29, 1.82) is 0 Å². The molecule has 0 aliphatic heterocycles. The Kier molecular flexibility index (Phi) is 7.17. The van der Waals surface area contributed by atoms with E-state index in [-0.39, 0.29) is 18.6 Å². The summed E-state index contributed by atoms with van der Waals surface area (Å²) in [4.78, 5) is 14.2. The normalized spacial score (nSPS) is 15.7. The highest BCUT2D eigenvalue weighted by atomic mass is 16.5. The van der Waals surface area contributed by atoms with Gasteiger partial charge in [-0.1, -0.05) is 45.2 Å². The first kappa shape index (κ1) is 23.1. The average Bonchev–Trinajstić information content (AvgIpc) is 3.26. The Morgan fingerprint density at radius 3 is 2.70 bits per heavy atom. The number of hydrogen-bond acceptors (Lipinski definition) is 8. The molecule has 33 heavy (non-hydrogen) atoms. The molecule has 0 spiro atoms. The predicted octanol–water partition coefficient (Wildman–Crippen LogP) is 3.96. The summed E-state index contributed by atoms with van der Waals surface area (Å²) in [5, 5.41) is 16.5. The van der Waals surface area contributed by atoms with Gasteiger partial charge in [0.2, 0.25) is 5.95 Å². The first-order chi connectivity index (χ1) is 16.0. The third kappa shape index (κ3) is 4.98. The van der Waals surface area contributed by atoms with Crippen molar-refractivity contribution >= 4 is 28.6 Å². The van der Waals surface area contributed by atoms with Gasteiger partial charge in [-0.15, -0.1) is 0 Å². The highest BCUT2D eigenvalue weighted by Crippen LogP contribution is 2.32. The number of nitrogens with two attached hydrogens (primary N) is 1. The van der Waals surface area contributed by atoms with E-state index in [4.69, 9.17) is 20.4 Å². The zero-order chi connectivity index (χ0) is 23.4. The summed E-state index contributed by atoms with van der Waals surface area (Å²) in [5.41, 5.74) is 9.32. The van der Waals surface area contributed by atoms with Crippen LogP contribution in [0.2, 0.25) is 0 Å². The van der Waals surface area contributed by atoms with E-state index in [1.165, 1.54) is 19.3 Å². The molecule has 0 bridgehead atoms. The Bertz CT molecular complexity index is 1080. The quantitative estimate of drug-likeness (QED) is 0.359. The molecule has 1 aliphatic carbocycles. The number of fused-ring (bicyclic) bond motifs is 1. The lowest BCUT2D eigenvalue weighted by molar-refractivity contribution is 0.248. The van der Waals surface area contributed by atoms with Crippen molar-refractivity contribution in [1.82, 2.24) is 19.5 Å². The van der Waals surface area contributed by atoms with E-state index in [1.807, 2.05) is 24.5 Å². The lowest BCUT2D eigenvalue weighted by Gasteiger charge is -2.24. The minimum Gasteiger partial charge on any atom is -0.495 e. The third-order valence-electron chi connectivity index (χ3n) is 6.53. The standard InChI is InChI=1S/C24H35N7O2/c1-15(2)18(13-32)28-24-29-22(26-12-16-8-7-11-19(33-3)20(16)25)21-23(30-24)31(14-27-21)17-9-5-4-6-10-17/h7-8,11,14-15,17-18,32H,4-6,9-10,12-13,25H2,1-3H3,(H2,26,28,29,30). The second-order valence-corrected chi connectivity index (χ2v) is 9.08. The van der Waals surface area contributed by atoms with Crippen molar-refractivity contribution in [2.45, 2.75) is 64.6 Å². The minimum atomic E-state index is -0.143. The number of nitrogens with zero attached hydrogens (tertiary/aromatic N) is 4. The summed E-state index contributed by atoms with van der Waals surface area (Å²) in [7, 11) is 1.61. The summed E-state index contributed by atoms with van der Waals surface area (Å²) in [6, 6.07) is 5.98. The van der Waals surface area contributed by atoms with Crippen molar-refractivity contribution in [2.75, 3.05) is 30.1 Å². The van der Waals surface area contributed by atoms with Crippen LogP contribution in [0.3, 0.4) is 0 Å². The van der Waals surface area contributed by atoms with Crippen LogP contribution in [0, 0.1) is 5.92 Å². The van der Waals surface area contributed by atoms with Crippen molar-refractivity contribution in [2.24, 2.45) is 5.92 Å². The first-order valence-electron chi connectivity index (χ1n) is 11.8. The smallest absolute Gasteiger partial charge is 0.227 e. The summed E-state index contributed by atoms with van der Waals surface area (Å²) in [6.45, 7) is 4.59. The number of benzene rings is 1. The maximum absolute atomic E-state index is 9.81. The van der Waals surface area contributed by atoms with E-state index in [0.29, 0.717) is 35.8 Å². The minimum absolute atomic E-state index is 0.00402. The lowest BCUT2D eigenvalue weighted by Crippen LogP contribution is -2.30. The molecule has 0 saturated heterocycles. The molecule has 2 heterocycles. The number of aliphatic hydroxyl groups excluding tert-OH is 1. The number of nitrogens with one attached hydrogen (secondary N) is 2. The number of anilines is 3. The molecule has 9 nitrogen and oxygen atoms in total. The summed E-state index contributed by atoms with van der Waals surface area (Å²) in [6.07, 6.45) is 7.88. The Morgan fingerprint density at radius 2 is 2.00 bits per heavy atom. The number of ether oxygens (including phenoxy) is 1. The fraction of sp³-hybridized carbons (Fsp3) is 0.542. The number of nitrogen functional groups attached to an aromatic ring is 1. The number of imidazole rings is 1. The number of methoxy groups -OCH3 is 1. The van der Waals surface area contributed by atoms with E-state index >= 15 is 0 Å². The molecule has 9 heteroatoms. The highest BCUT2D eigenvalue weighted by Gasteiger charge is 2.22. The molecule has 5 N–H and O–H groups in total. The van der Waals surface area contributed by atoms with E-state index in [9.17, 15) is 5.11 Å². The molecule has 1 saturated carbocycles. The topological polar surface area (TPSA) is 123 Å². The maximum Gasteiger partial charge on any atom is 0.227 e. The van der Waals surface area contributed by atoms with Crippen LogP contribution < -0.4 is 21.1 Å². The van der Waals surface area contributed by atoms with Crippen molar-refractivity contribution in [3.05, 3.63) is 30.1 Å².